The highest BCUT2D eigenvalue weighted by Crippen LogP contribution is 2.29. The number of alkyl halides is 3. The zero-order valence-electron chi connectivity index (χ0n) is 11.8. The Hall–Kier alpha value is -2.12. The number of ether oxygens (including phenoxy) is 3. The summed E-state index contributed by atoms with van der Waals surface area (Å²) in [6.07, 6.45) is -5.71. The van der Waals surface area contributed by atoms with Crippen LogP contribution in [0.25, 0.3) is 0 Å². The van der Waals surface area contributed by atoms with Gasteiger partial charge in [0.25, 0.3) is 0 Å². The van der Waals surface area contributed by atoms with Crippen LogP contribution in [0.4, 0.5) is 18.0 Å². The Bertz CT molecular complexity index is 491. The van der Waals surface area contributed by atoms with Gasteiger partial charge in [-0.2, -0.15) is 13.2 Å². The van der Waals surface area contributed by atoms with E-state index in [0.29, 0.717) is 17.1 Å². The van der Waals surface area contributed by atoms with Crippen molar-refractivity contribution in [3.63, 3.8) is 0 Å². The molecule has 1 atom stereocenters. The first kappa shape index (κ1) is 16.9. The number of carbonyl (C=O) groups is 1. The first-order valence-corrected chi connectivity index (χ1v) is 5.98. The Morgan fingerprint density at radius 1 is 1.29 bits per heavy atom. The van der Waals surface area contributed by atoms with Crippen LogP contribution < -0.4 is 14.8 Å². The van der Waals surface area contributed by atoms with Crippen LogP contribution in [-0.4, -0.2) is 33.1 Å². The molecule has 1 amide bonds. The van der Waals surface area contributed by atoms with E-state index in [1.807, 2.05) is 0 Å². The van der Waals surface area contributed by atoms with Gasteiger partial charge in [-0.1, -0.05) is 0 Å². The van der Waals surface area contributed by atoms with E-state index < -0.39 is 24.9 Å². The zero-order chi connectivity index (χ0) is 16.0. The first-order valence-electron chi connectivity index (χ1n) is 5.98. The van der Waals surface area contributed by atoms with Crippen LogP contribution >= 0.6 is 0 Å². The molecule has 1 unspecified atom stereocenters. The molecular formula is C13H16F3NO4. The molecule has 0 aromatic heterocycles. The SMILES string of the molecule is COc1ccc(C(C)NC(=O)OCC(F)(F)F)c(OC)c1. The van der Waals surface area contributed by atoms with Gasteiger partial charge in [0, 0.05) is 11.6 Å². The Kier molecular flexibility index (Phi) is 5.69. The molecular weight excluding hydrogens is 291 g/mol. The second kappa shape index (κ2) is 7.05. The number of hydrogen-bond acceptors (Lipinski definition) is 4. The van der Waals surface area contributed by atoms with Crippen molar-refractivity contribution in [2.24, 2.45) is 0 Å². The van der Waals surface area contributed by atoms with Gasteiger partial charge >= 0.3 is 12.3 Å². The lowest BCUT2D eigenvalue weighted by molar-refractivity contribution is -0.160. The summed E-state index contributed by atoms with van der Waals surface area (Å²) in [6.45, 7) is -0.0372. The van der Waals surface area contributed by atoms with Crippen LogP contribution in [0.2, 0.25) is 0 Å². The molecule has 0 saturated carbocycles. The molecule has 0 saturated heterocycles. The van der Waals surface area contributed by atoms with Gasteiger partial charge in [-0.05, 0) is 19.1 Å². The third-order valence-electron chi connectivity index (χ3n) is 2.61. The molecule has 0 spiro atoms. The van der Waals surface area contributed by atoms with Gasteiger partial charge in [0.2, 0.25) is 0 Å². The third-order valence-corrected chi connectivity index (χ3v) is 2.61. The number of carbonyl (C=O) groups excluding carboxylic acids is 1. The van der Waals surface area contributed by atoms with Crippen molar-refractivity contribution in [1.82, 2.24) is 5.32 Å². The molecule has 5 nitrogen and oxygen atoms in total. The second-order valence-electron chi connectivity index (χ2n) is 4.17. The zero-order valence-corrected chi connectivity index (χ0v) is 11.8. The summed E-state index contributed by atoms with van der Waals surface area (Å²) >= 11 is 0. The van der Waals surface area contributed by atoms with Gasteiger partial charge in [-0.3, -0.25) is 0 Å². The molecule has 8 heteroatoms. The van der Waals surface area contributed by atoms with Crippen LogP contribution in [0.3, 0.4) is 0 Å². The van der Waals surface area contributed by atoms with Crippen LogP contribution in [0.15, 0.2) is 18.2 Å². The van der Waals surface area contributed by atoms with Crippen LogP contribution in [0, 0.1) is 0 Å². The van der Waals surface area contributed by atoms with Crippen molar-refractivity contribution in [2.75, 3.05) is 20.8 Å². The van der Waals surface area contributed by atoms with E-state index >= 15 is 0 Å². The number of benzene rings is 1. The van der Waals surface area contributed by atoms with Gasteiger partial charge in [-0.25, -0.2) is 4.79 Å². The van der Waals surface area contributed by atoms with E-state index in [9.17, 15) is 18.0 Å². The lowest BCUT2D eigenvalue weighted by atomic mass is 10.1. The molecule has 0 fully saturated rings. The fraction of sp³-hybridized carbons (Fsp3) is 0.462. The summed E-state index contributed by atoms with van der Waals surface area (Å²) in [6, 6.07) is 4.31. The number of alkyl carbamates (subject to hydrolysis) is 1. The Morgan fingerprint density at radius 2 is 1.95 bits per heavy atom. The molecule has 1 aromatic rings. The molecule has 0 aliphatic carbocycles. The van der Waals surface area contributed by atoms with Gasteiger partial charge in [-0.15, -0.1) is 0 Å². The van der Waals surface area contributed by atoms with E-state index in [1.165, 1.54) is 14.2 Å². The number of halogens is 3. The van der Waals surface area contributed by atoms with Crippen molar-refractivity contribution in [2.45, 2.75) is 19.1 Å². The van der Waals surface area contributed by atoms with Crippen molar-refractivity contribution in [3.05, 3.63) is 23.8 Å². The van der Waals surface area contributed by atoms with Crippen LogP contribution in [0.5, 0.6) is 11.5 Å². The monoisotopic (exact) mass is 307 g/mol. The largest absolute Gasteiger partial charge is 0.497 e. The highest BCUT2D eigenvalue weighted by molar-refractivity contribution is 5.68. The highest BCUT2D eigenvalue weighted by Gasteiger charge is 2.30. The van der Waals surface area contributed by atoms with Gasteiger partial charge in [0.1, 0.15) is 11.5 Å². The summed E-state index contributed by atoms with van der Waals surface area (Å²) in [7, 11) is 2.93. The molecule has 1 aromatic carbocycles. The van der Waals surface area contributed by atoms with Crippen LogP contribution in [0.1, 0.15) is 18.5 Å². The maximum atomic E-state index is 11.9. The molecule has 0 radical (unpaired) electrons. The quantitative estimate of drug-likeness (QED) is 0.908. The third kappa shape index (κ3) is 5.41. The van der Waals surface area contributed by atoms with Crippen LogP contribution in [-0.2, 0) is 4.74 Å². The molecule has 1 N–H and O–H groups in total. The smallest absolute Gasteiger partial charge is 0.422 e. The van der Waals surface area contributed by atoms with E-state index in [1.54, 1.807) is 25.1 Å². The van der Waals surface area contributed by atoms with Crippen molar-refractivity contribution < 1.29 is 32.2 Å². The minimum Gasteiger partial charge on any atom is -0.497 e. The number of hydrogen-bond donors (Lipinski definition) is 1. The average Bonchev–Trinajstić information content (AvgIpc) is 2.43. The minimum absolute atomic E-state index is 0.443. The molecule has 21 heavy (non-hydrogen) atoms. The fourth-order valence-electron chi connectivity index (χ4n) is 1.62. The lowest BCUT2D eigenvalue weighted by Crippen LogP contribution is -2.31. The molecule has 0 aliphatic rings. The topological polar surface area (TPSA) is 56.8 Å². The normalized spacial score (nSPS) is 12.5. The Balaban J connectivity index is 2.71. The lowest BCUT2D eigenvalue weighted by Gasteiger charge is -2.18. The summed E-state index contributed by atoms with van der Waals surface area (Å²) in [4.78, 5) is 11.3. The predicted molar refractivity (Wildman–Crippen MR) is 68.5 cm³/mol. The van der Waals surface area contributed by atoms with E-state index in [0.717, 1.165) is 0 Å². The number of methoxy groups -OCH3 is 2. The fourth-order valence-corrected chi connectivity index (χ4v) is 1.62. The molecule has 0 aliphatic heterocycles. The number of nitrogens with one attached hydrogen (secondary N) is 1. The van der Waals surface area contributed by atoms with Crippen molar-refractivity contribution in [1.29, 1.82) is 0 Å². The second-order valence-corrected chi connectivity index (χ2v) is 4.17. The van der Waals surface area contributed by atoms with E-state index in [-0.39, 0.29) is 0 Å². The molecule has 1 rings (SSSR count). The highest BCUT2D eigenvalue weighted by atomic mass is 19.4. The summed E-state index contributed by atoms with van der Waals surface area (Å²) in [5.74, 6) is 1.00. The first-order chi connectivity index (χ1) is 9.76. The minimum atomic E-state index is -4.56. The van der Waals surface area contributed by atoms with E-state index in [4.69, 9.17) is 9.47 Å². The Morgan fingerprint density at radius 3 is 2.48 bits per heavy atom. The van der Waals surface area contributed by atoms with E-state index in [2.05, 4.69) is 10.1 Å². The summed E-state index contributed by atoms with van der Waals surface area (Å²) in [5, 5.41) is 2.30. The van der Waals surface area contributed by atoms with Gasteiger partial charge < -0.3 is 19.5 Å². The molecule has 118 valence electrons. The Labute approximate surface area is 120 Å². The maximum Gasteiger partial charge on any atom is 0.422 e. The predicted octanol–water partition coefficient (Wildman–Crippen LogP) is 3.05. The van der Waals surface area contributed by atoms with Crippen molar-refractivity contribution >= 4 is 6.09 Å². The van der Waals surface area contributed by atoms with Crippen molar-refractivity contribution in [3.8, 4) is 11.5 Å². The summed E-state index contributed by atoms with van der Waals surface area (Å²) < 4.78 is 50.1. The maximum absolute atomic E-state index is 11.9. The number of amides is 1. The molecule has 0 bridgehead atoms. The average molecular weight is 307 g/mol. The van der Waals surface area contributed by atoms with Gasteiger partial charge in [0.05, 0.1) is 20.3 Å². The molecule has 0 heterocycles. The summed E-state index contributed by atoms with van der Waals surface area (Å²) in [5.41, 5.74) is 0.585. The van der Waals surface area contributed by atoms with Gasteiger partial charge in [0.15, 0.2) is 6.61 Å². The number of rotatable bonds is 5. The standard InChI is InChI=1S/C13H16F3NO4/c1-8(17-12(18)21-7-13(14,15)16)10-5-4-9(19-2)6-11(10)20-3/h4-6,8H,7H2,1-3H3,(H,17,18).